The Morgan fingerprint density at radius 1 is 1.20 bits per heavy atom. The summed E-state index contributed by atoms with van der Waals surface area (Å²) in [6, 6.07) is 5.97. The predicted molar refractivity (Wildman–Crippen MR) is 82.3 cm³/mol. The summed E-state index contributed by atoms with van der Waals surface area (Å²) in [5.41, 5.74) is 0. The molecule has 1 amide bonds. The van der Waals surface area contributed by atoms with Crippen molar-refractivity contribution in [1.82, 2.24) is 10.6 Å². The van der Waals surface area contributed by atoms with Gasteiger partial charge in [-0.15, -0.1) is 12.4 Å². The Bertz CT molecular complexity index is 518. The van der Waals surface area contributed by atoms with Gasteiger partial charge < -0.3 is 10.6 Å². The summed E-state index contributed by atoms with van der Waals surface area (Å²) in [4.78, 5) is 11.5. The Balaban J connectivity index is 0.00000361. The van der Waals surface area contributed by atoms with E-state index in [1.807, 2.05) is 0 Å². The molecule has 0 heterocycles. The number of halogens is 2. The zero-order valence-corrected chi connectivity index (χ0v) is 13.4. The molecule has 0 aromatic heterocycles. The Kier molecular flexibility index (Phi) is 8.80. The van der Waals surface area contributed by atoms with E-state index in [4.69, 9.17) is 11.6 Å². The molecular weight excluding hydrogens is 323 g/mol. The first-order valence-corrected chi connectivity index (χ1v) is 7.88. The first kappa shape index (κ1) is 19.2. The van der Waals surface area contributed by atoms with Crippen LogP contribution in [0.5, 0.6) is 0 Å². The van der Waals surface area contributed by atoms with Gasteiger partial charge in [-0.3, -0.25) is 4.79 Å². The predicted octanol–water partition coefficient (Wildman–Crippen LogP) is 1.26. The molecule has 0 saturated heterocycles. The number of carbonyl (C=O) groups excluding carboxylic acids is 1. The summed E-state index contributed by atoms with van der Waals surface area (Å²) >= 11 is 5.70. The van der Waals surface area contributed by atoms with Crippen molar-refractivity contribution in [2.45, 2.75) is 11.3 Å². The van der Waals surface area contributed by atoms with Gasteiger partial charge in [0.1, 0.15) is 0 Å². The lowest BCUT2D eigenvalue weighted by Crippen LogP contribution is -2.30. The second-order valence-electron chi connectivity index (χ2n) is 3.98. The largest absolute Gasteiger partial charge is 0.355 e. The lowest BCUT2D eigenvalue weighted by molar-refractivity contribution is -0.120. The fourth-order valence-corrected chi connectivity index (χ4v) is 2.69. The van der Waals surface area contributed by atoms with Crippen molar-refractivity contribution in [2.75, 3.05) is 25.9 Å². The summed E-state index contributed by atoms with van der Waals surface area (Å²) in [6.45, 7) is 0.670. The maximum atomic E-state index is 11.9. The smallest absolute Gasteiger partial charge is 0.221 e. The van der Waals surface area contributed by atoms with Crippen molar-refractivity contribution in [3.8, 4) is 0 Å². The van der Waals surface area contributed by atoms with E-state index >= 15 is 0 Å². The van der Waals surface area contributed by atoms with Gasteiger partial charge in [-0.2, -0.15) is 0 Å². The lowest BCUT2D eigenvalue weighted by Gasteiger charge is -2.06. The van der Waals surface area contributed by atoms with Gasteiger partial charge >= 0.3 is 0 Å². The van der Waals surface area contributed by atoms with Crippen LogP contribution in [0.15, 0.2) is 29.2 Å². The molecule has 0 bridgehead atoms. The van der Waals surface area contributed by atoms with Crippen LogP contribution in [-0.2, 0) is 14.6 Å². The summed E-state index contributed by atoms with van der Waals surface area (Å²) < 4.78 is 23.9. The monoisotopic (exact) mass is 340 g/mol. The van der Waals surface area contributed by atoms with Gasteiger partial charge in [0.15, 0.2) is 9.84 Å². The number of rotatable bonds is 7. The Hall–Kier alpha value is -0.820. The molecule has 0 aliphatic carbocycles. The van der Waals surface area contributed by atoms with Crippen molar-refractivity contribution in [2.24, 2.45) is 0 Å². The molecule has 8 heteroatoms. The zero-order chi connectivity index (χ0) is 14.3. The normalized spacial score (nSPS) is 10.7. The molecule has 0 radical (unpaired) electrons. The molecular formula is C12H18Cl2N2O3S. The first-order valence-electron chi connectivity index (χ1n) is 5.85. The minimum absolute atomic E-state index is 0. The highest BCUT2D eigenvalue weighted by Crippen LogP contribution is 2.14. The number of amides is 1. The van der Waals surface area contributed by atoms with Crippen LogP contribution in [-0.4, -0.2) is 40.2 Å². The van der Waals surface area contributed by atoms with Crippen molar-refractivity contribution < 1.29 is 13.2 Å². The maximum Gasteiger partial charge on any atom is 0.221 e. The minimum Gasteiger partial charge on any atom is -0.355 e. The van der Waals surface area contributed by atoms with Gasteiger partial charge in [-0.05, 0) is 31.3 Å². The van der Waals surface area contributed by atoms with Gasteiger partial charge in [0.05, 0.1) is 10.6 Å². The highest BCUT2D eigenvalue weighted by atomic mass is 35.5. The quantitative estimate of drug-likeness (QED) is 0.783. The lowest BCUT2D eigenvalue weighted by atomic mass is 10.4. The average molecular weight is 341 g/mol. The molecule has 1 aromatic carbocycles. The standard InChI is InChI=1S/C12H17ClN2O3S.ClH/c1-14-7-6-12(16)15-8-9-19(17,18)11-4-2-10(13)3-5-11;/h2-5,14H,6-9H2,1H3,(H,15,16);1H. The van der Waals surface area contributed by atoms with E-state index < -0.39 is 9.84 Å². The molecule has 1 rings (SSSR count). The van der Waals surface area contributed by atoms with E-state index in [0.29, 0.717) is 18.0 Å². The van der Waals surface area contributed by atoms with Gasteiger partial charge in [0.25, 0.3) is 0 Å². The van der Waals surface area contributed by atoms with Crippen LogP contribution in [0.1, 0.15) is 6.42 Å². The van der Waals surface area contributed by atoms with Gasteiger partial charge in [-0.1, -0.05) is 11.6 Å². The second kappa shape index (κ2) is 9.18. The number of hydrogen-bond donors (Lipinski definition) is 2. The molecule has 5 nitrogen and oxygen atoms in total. The van der Waals surface area contributed by atoms with Crippen LogP contribution >= 0.6 is 24.0 Å². The third-order valence-corrected chi connectivity index (χ3v) is 4.45. The van der Waals surface area contributed by atoms with Gasteiger partial charge in [0, 0.05) is 24.5 Å². The molecule has 2 N–H and O–H groups in total. The van der Waals surface area contributed by atoms with Crippen LogP contribution in [0.4, 0.5) is 0 Å². The van der Waals surface area contributed by atoms with Crippen LogP contribution in [0.25, 0.3) is 0 Å². The molecule has 0 spiro atoms. The molecule has 114 valence electrons. The van der Waals surface area contributed by atoms with Crippen molar-refractivity contribution in [3.63, 3.8) is 0 Å². The number of sulfone groups is 1. The second-order valence-corrected chi connectivity index (χ2v) is 6.52. The van der Waals surface area contributed by atoms with E-state index in [1.165, 1.54) is 24.3 Å². The van der Waals surface area contributed by atoms with E-state index in [2.05, 4.69) is 10.6 Å². The van der Waals surface area contributed by atoms with Crippen LogP contribution < -0.4 is 10.6 Å². The van der Waals surface area contributed by atoms with Crippen molar-refractivity contribution in [1.29, 1.82) is 0 Å². The third-order valence-electron chi connectivity index (χ3n) is 2.47. The van der Waals surface area contributed by atoms with Crippen LogP contribution in [0, 0.1) is 0 Å². The third kappa shape index (κ3) is 6.56. The molecule has 0 saturated carbocycles. The summed E-state index contributed by atoms with van der Waals surface area (Å²) in [5.74, 6) is -0.291. The van der Waals surface area contributed by atoms with Crippen molar-refractivity contribution >= 4 is 39.8 Å². The Morgan fingerprint density at radius 2 is 1.80 bits per heavy atom. The maximum absolute atomic E-state index is 11.9. The molecule has 0 aliphatic rings. The molecule has 20 heavy (non-hydrogen) atoms. The number of nitrogens with one attached hydrogen (secondary N) is 2. The highest BCUT2D eigenvalue weighted by molar-refractivity contribution is 7.91. The average Bonchev–Trinajstić information content (AvgIpc) is 2.36. The molecule has 1 aromatic rings. The minimum atomic E-state index is -3.38. The molecule has 0 unspecified atom stereocenters. The first-order chi connectivity index (χ1) is 8.95. The van der Waals surface area contributed by atoms with E-state index in [1.54, 1.807) is 7.05 Å². The summed E-state index contributed by atoms with van der Waals surface area (Å²) in [7, 11) is -1.63. The topological polar surface area (TPSA) is 75.3 Å². The fourth-order valence-electron chi connectivity index (χ4n) is 1.41. The number of hydrogen-bond acceptors (Lipinski definition) is 4. The molecule has 0 atom stereocenters. The summed E-state index contributed by atoms with van der Waals surface area (Å²) in [5, 5.41) is 5.90. The van der Waals surface area contributed by atoms with Crippen molar-refractivity contribution in [3.05, 3.63) is 29.3 Å². The zero-order valence-electron chi connectivity index (χ0n) is 11.1. The Labute approximate surface area is 130 Å². The SMILES string of the molecule is CNCCC(=O)NCCS(=O)(=O)c1ccc(Cl)cc1.Cl. The van der Waals surface area contributed by atoms with E-state index in [-0.39, 0.29) is 35.5 Å². The fraction of sp³-hybridized carbons (Fsp3) is 0.417. The Morgan fingerprint density at radius 3 is 2.35 bits per heavy atom. The highest BCUT2D eigenvalue weighted by Gasteiger charge is 2.14. The number of carbonyl (C=O) groups is 1. The van der Waals surface area contributed by atoms with E-state index in [9.17, 15) is 13.2 Å². The van der Waals surface area contributed by atoms with Crippen LogP contribution in [0.2, 0.25) is 5.02 Å². The number of benzene rings is 1. The molecule has 0 aliphatic heterocycles. The van der Waals surface area contributed by atoms with Crippen LogP contribution in [0.3, 0.4) is 0 Å². The van der Waals surface area contributed by atoms with E-state index in [0.717, 1.165) is 0 Å². The summed E-state index contributed by atoms with van der Waals surface area (Å²) in [6.07, 6.45) is 0.331. The van der Waals surface area contributed by atoms with Gasteiger partial charge in [-0.25, -0.2) is 8.42 Å². The molecule has 0 fully saturated rings. The van der Waals surface area contributed by atoms with Gasteiger partial charge in [0.2, 0.25) is 5.91 Å².